The number of rotatable bonds is 8. The van der Waals surface area contributed by atoms with Crippen molar-refractivity contribution in [2.75, 3.05) is 6.61 Å². The molecule has 1 aromatic heterocycles. The van der Waals surface area contributed by atoms with Crippen molar-refractivity contribution in [2.24, 2.45) is 0 Å². The standard InChI is InChI=1S/C11H14FN2O13P3/c1-2-6-5(3-13-11(16)14-6)10-8(12)9(15)7(25-10)4-24-29(20,21)27-30(22,23)26-28(17,18)19/h1,3,7-10,15H,4H2,(H,20,21)(H,22,23)(H,13,14,16)(H2,17,18,19)/t7-,8+,9?,10+/m1/s1. The molecule has 0 aromatic carbocycles. The van der Waals surface area contributed by atoms with Gasteiger partial charge in [0, 0.05) is 11.8 Å². The van der Waals surface area contributed by atoms with Crippen LogP contribution in [-0.2, 0) is 31.6 Å². The predicted molar refractivity (Wildman–Crippen MR) is 91.1 cm³/mol. The Morgan fingerprint density at radius 2 is 1.87 bits per heavy atom. The summed E-state index contributed by atoms with van der Waals surface area (Å²) in [4.78, 5) is 52.0. The molecule has 0 aliphatic carbocycles. The lowest BCUT2D eigenvalue weighted by Crippen LogP contribution is -2.31. The first kappa shape index (κ1) is 25.0. The number of terminal acetylenes is 1. The van der Waals surface area contributed by atoms with Gasteiger partial charge in [0.2, 0.25) is 0 Å². The summed E-state index contributed by atoms with van der Waals surface area (Å²) in [5, 5.41) is 9.92. The highest BCUT2D eigenvalue weighted by Crippen LogP contribution is 2.66. The van der Waals surface area contributed by atoms with E-state index in [9.17, 15) is 32.9 Å². The van der Waals surface area contributed by atoms with Crippen LogP contribution in [0.1, 0.15) is 17.4 Å². The molecule has 1 aliphatic heterocycles. The van der Waals surface area contributed by atoms with Crippen molar-refractivity contribution in [1.82, 2.24) is 9.97 Å². The Hall–Kier alpha value is -1.30. The molecule has 3 unspecified atom stereocenters. The van der Waals surface area contributed by atoms with Crippen molar-refractivity contribution in [3.63, 3.8) is 0 Å². The van der Waals surface area contributed by atoms with E-state index >= 15 is 0 Å². The quantitative estimate of drug-likeness (QED) is 0.192. The van der Waals surface area contributed by atoms with E-state index in [4.69, 9.17) is 25.8 Å². The third-order valence-corrected chi connectivity index (χ3v) is 7.23. The lowest BCUT2D eigenvalue weighted by atomic mass is 10.0. The van der Waals surface area contributed by atoms with Crippen LogP contribution in [0.25, 0.3) is 0 Å². The monoisotopic (exact) mass is 494 g/mol. The van der Waals surface area contributed by atoms with Gasteiger partial charge in [0.05, 0.1) is 6.61 Å². The number of aromatic nitrogens is 2. The van der Waals surface area contributed by atoms with Crippen LogP contribution in [0.2, 0.25) is 0 Å². The van der Waals surface area contributed by atoms with E-state index in [1.54, 1.807) is 0 Å². The number of nitrogens with zero attached hydrogens (tertiary/aromatic N) is 1. The molecule has 0 bridgehead atoms. The number of hydrogen-bond acceptors (Lipinski definition) is 10. The summed E-state index contributed by atoms with van der Waals surface area (Å²) in [6.07, 6.45) is -1.19. The lowest BCUT2D eigenvalue weighted by Gasteiger charge is -2.19. The summed E-state index contributed by atoms with van der Waals surface area (Å²) in [6, 6.07) is 0. The number of phosphoric ester groups is 1. The highest BCUT2D eigenvalue weighted by molar-refractivity contribution is 7.66. The molecule has 0 amide bonds. The summed E-state index contributed by atoms with van der Waals surface area (Å²) >= 11 is 0. The fourth-order valence-corrected chi connectivity index (χ4v) is 5.35. The molecule has 168 valence electrons. The van der Waals surface area contributed by atoms with Gasteiger partial charge in [-0.1, -0.05) is 5.92 Å². The van der Waals surface area contributed by atoms with Crippen molar-refractivity contribution in [3.05, 3.63) is 27.9 Å². The average molecular weight is 494 g/mol. The van der Waals surface area contributed by atoms with Crippen LogP contribution >= 0.6 is 23.5 Å². The zero-order chi connectivity index (χ0) is 22.9. The molecular weight excluding hydrogens is 480 g/mol. The Kier molecular flexibility index (Phi) is 7.53. The van der Waals surface area contributed by atoms with Crippen molar-refractivity contribution in [1.29, 1.82) is 0 Å². The summed E-state index contributed by atoms with van der Waals surface area (Å²) in [5.74, 6) is 2.07. The number of halogens is 1. The van der Waals surface area contributed by atoms with Gasteiger partial charge in [-0.15, -0.1) is 6.42 Å². The molecule has 2 heterocycles. The molecule has 15 nitrogen and oxygen atoms in total. The van der Waals surface area contributed by atoms with E-state index in [1.807, 2.05) is 0 Å². The lowest BCUT2D eigenvalue weighted by molar-refractivity contribution is -0.0223. The maximum absolute atomic E-state index is 14.4. The fourth-order valence-electron chi connectivity index (χ4n) is 2.32. The van der Waals surface area contributed by atoms with Crippen LogP contribution in [0.15, 0.2) is 11.0 Å². The molecule has 1 aromatic rings. The second kappa shape index (κ2) is 9.05. The molecule has 0 spiro atoms. The smallest absolute Gasteiger partial charge is 0.387 e. The van der Waals surface area contributed by atoms with Gasteiger partial charge in [-0.2, -0.15) is 8.62 Å². The second-order valence-corrected chi connectivity index (χ2v) is 10.00. The van der Waals surface area contributed by atoms with Gasteiger partial charge in [0.25, 0.3) is 0 Å². The van der Waals surface area contributed by atoms with Crippen LogP contribution in [0, 0.1) is 12.3 Å². The molecule has 0 saturated carbocycles. The molecule has 0 radical (unpaired) electrons. The number of alkyl halides is 1. The second-order valence-electron chi connectivity index (χ2n) is 5.58. The molecule has 30 heavy (non-hydrogen) atoms. The van der Waals surface area contributed by atoms with Crippen LogP contribution < -0.4 is 5.69 Å². The number of aliphatic hydroxyl groups excluding tert-OH is 1. The summed E-state index contributed by atoms with van der Waals surface area (Å²) in [5.41, 5.74) is -1.14. The summed E-state index contributed by atoms with van der Waals surface area (Å²) < 4.78 is 64.4. The highest BCUT2D eigenvalue weighted by Gasteiger charge is 2.48. The predicted octanol–water partition coefficient (Wildman–Crippen LogP) is -0.767. The Balaban J connectivity index is 2.09. The van der Waals surface area contributed by atoms with Gasteiger partial charge in [0.1, 0.15) is 24.0 Å². The normalized spacial score (nSPS) is 28.4. The molecule has 2 rings (SSSR count). The Labute approximate surface area is 166 Å². The Morgan fingerprint density at radius 3 is 2.43 bits per heavy atom. The SMILES string of the molecule is C#Cc1[nH]c(=O)ncc1[C@@H]1O[C@H](COP(=O)(O)OP(=O)(O)OP(=O)(O)O)C(O)[C@@H]1F. The van der Waals surface area contributed by atoms with Crippen LogP contribution in [-0.4, -0.2) is 59.6 Å². The number of H-pyrrole nitrogens is 1. The van der Waals surface area contributed by atoms with Crippen LogP contribution in [0.5, 0.6) is 0 Å². The van der Waals surface area contributed by atoms with Crippen molar-refractivity contribution in [3.8, 4) is 12.3 Å². The van der Waals surface area contributed by atoms with Gasteiger partial charge < -0.3 is 29.4 Å². The Morgan fingerprint density at radius 1 is 1.23 bits per heavy atom. The molecule has 1 aliphatic rings. The number of hydrogen-bond donors (Lipinski definition) is 6. The van der Waals surface area contributed by atoms with Gasteiger partial charge in [0.15, 0.2) is 6.17 Å². The minimum Gasteiger partial charge on any atom is -0.387 e. The highest BCUT2D eigenvalue weighted by atomic mass is 31.3. The topological polar surface area (TPSA) is 235 Å². The van der Waals surface area contributed by atoms with Crippen molar-refractivity contribution < 1.29 is 60.6 Å². The van der Waals surface area contributed by atoms with Gasteiger partial charge >= 0.3 is 29.2 Å². The first-order chi connectivity index (χ1) is 13.6. The number of aliphatic hydroxyl groups is 1. The maximum Gasteiger partial charge on any atom is 0.490 e. The minimum absolute atomic E-state index is 0.121. The summed E-state index contributed by atoms with van der Waals surface area (Å²) in [7, 11) is -16.8. The zero-order valence-electron chi connectivity index (χ0n) is 14.3. The molecule has 6 atom stereocenters. The Bertz CT molecular complexity index is 1030. The first-order valence-electron chi connectivity index (χ1n) is 7.46. The average Bonchev–Trinajstić information content (AvgIpc) is 2.85. The van der Waals surface area contributed by atoms with E-state index in [2.05, 4.69) is 29.0 Å². The largest absolute Gasteiger partial charge is 0.490 e. The van der Waals surface area contributed by atoms with Gasteiger partial charge in [-0.3, -0.25) is 9.51 Å². The van der Waals surface area contributed by atoms with E-state index < -0.39 is 60.2 Å². The van der Waals surface area contributed by atoms with Crippen LogP contribution in [0.4, 0.5) is 4.39 Å². The van der Waals surface area contributed by atoms with Gasteiger partial charge in [-0.25, -0.2) is 27.9 Å². The molecular formula is C11H14FN2O13P3. The van der Waals surface area contributed by atoms with E-state index in [0.717, 1.165) is 6.20 Å². The molecule has 1 fully saturated rings. The van der Waals surface area contributed by atoms with E-state index in [-0.39, 0.29) is 11.3 Å². The number of nitrogens with one attached hydrogen (secondary N) is 1. The molecule has 19 heteroatoms. The fraction of sp³-hybridized carbons (Fsp3) is 0.455. The van der Waals surface area contributed by atoms with Gasteiger partial charge in [-0.05, 0) is 0 Å². The zero-order valence-corrected chi connectivity index (χ0v) is 17.0. The third-order valence-electron chi connectivity index (χ3n) is 3.43. The number of phosphoric acid groups is 3. The van der Waals surface area contributed by atoms with E-state index in [0.29, 0.717) is 0 Å². The number of ether oxygens (including phenoxy) is 1. The van der Waals surface area contributed by atoms with Crippen molar-refractivity contribution >= 4 is 23.5 Å². The maximum atomic E-state index is 14.4. The van der Waals surface area contributed by atoms with E-state index in [1.165, 1.54) is 0 Å². The molecule has 6 N–H and O–H groups in total. The molecule has 1 saturated heterocycles. The number of aromatic amines is 1. The third kappa shape index (κ3) is 6.60. The van der Waals surface area contributed by atoms with Crippen LogP contribution in [0.3, 0.4) is 0 Å². The first-order valence-corrected chi connectivity index (χ1v) is 12.0. The van der Waals surface area contributed by atoms with Crippen molar-refractivity contribution in [2.45, 2.75) is 24.5 Å². The summed E-state index contributed by atoms with van der Waals surface area (Å²) in [6.45, 7) is -1.08. The minimum atomic E-state index is -5.74.